The van der Waals surface area contributed by atoms with Gasteiger partial charge in [0, 0.05) is 11.2 Å². The van der Waals surface area contributed by atoms with E-state index in [0.29, 0.717) is 11.2 Å². The van der Waals surface area contributed by atoms with Gasteiger partial charge in [-0.25, -0.2) is 4.98 Å². The van der Waals surface area contributed by atoms with Gasteiger partial charge in [0.05, 0.1) is 15.0 Å². The second-order valence-electron chi connectivity index (χ2n) is 4.52. The predicted octanol–water partition coefficient (Wildman–Crippen LogP) is 3.28. The molecule has 2 rings (SSSR count). The average molecular weight is 364 g/mol. The van der Waals surface area contributed by atoms with Gasteiger partial charge in [0.1, 0.15) is 5.82 Å². The zero-order valence-electron chi connectivity index (χ0n) is 10.1. The molecule has 1 aliphatic rings. The highest BCUT2D eigenvalue weighted by Gasteiger charge is 2.28. The minimum absolute atomic E-state index is 0.0299. The van der Waals surface area contributed by atoms with Crippen molar-refractivity contribution in [3.8, 4) is 0 Å². The summed E-state index contributed by atoms with van der Waals surface area (Å²) in [5.41, 5.74) is 1.05. The number of nitrogens with one attached hydrogen (secondary N) is 1. The number of thioether (sulfide) groups is 1. The first-order valence-corrected chi connectivity index (χ1v) is 8.14. The largest absolute Gasteiger partial charge is 0.309 e. The Labute approximate surface area is 119 Å². The Morgan fingerprint density at radius 2 is 2.29 bits per heavy atom. The molecule has 94 valence electrons. The molecule has 0 amide bonds. The third-order valence-corrected chi connectivity index (χ3v) is 5.37. The van der Waals surface area contributed by atoms with Gasteiger partial charge in [0.25, 0.3) is 5.56 Å². The number of aromatic nitrogens is 2. The number of halogens is 1. The van der Waals surface area contributed by atoms with Crippen LogP contribution < -0.4 is 5.56 Å². The van der Waals surface area contributed by atoms with Crippen LogP contribution in [-0.2, 0) is 5.75 Å². The van der Waals surface area contributed by atoms with Crippen molar-refractivity contribution in [1.29, 1.82) is 0 Å². The molecule has 1 N–H and O–H groups in total. The molecule has 0 saturated heterocycles. The van der Waals surface area contributed by atoms with Crippen molar-refractivity contribution in [3.05, 3.63) is 25.4 Å². The number of aromatic amines is 1. The first-order chi connectivity index (χ1) is 8.11. The summed E-state index contributed by atoms with van der Waals surface area (Å²) in [5, 5.41) is 0.615. The van der Waals surface area contributed by atoms with Crippen LogP contribution in [0, 0.1) is 3.57 Å². The Hall–Kier alpha value is -0.0400. The molecule has 0 aromatic carbocycles. The summed E-state index contributed by atoms with van der Waals surface area (Å²) in [6, 6.07) is 0. The van der Waals surface area contributed by atoms with Gasteiger partial charge in [-0.2, -0.15) is 11.8 Å². The van der Waals surface area contributed by atoms with E-state index in [0.717, 1.165) is 27.3 Å². The molecule has 1 saturated carbocycles. The van der Waals surface area contributed by atoms with Crippen molar-refractivity contribution < 1.29 is 0 Å². The van der Waals surface area contributed by atoms with E-state index in [9.17, 15) is 4.79 Å². The molecular formula is C12H17IN2OS. The van der Waals surface area contributed by atoms with Crippen molar-refractivity contribution in [2.24, 2.45) is 0 Å². The lowest BCUT2D eigenvalue weighted by Crippen LogP contribution is -2.17. The van der Waals surface area contributed by atoms with Crippen LogP contribution in [0.3, 0.4) is 0 Å². The maximum Gasteiger partial charge on any atom is 0.264 e. The summed E-state index contributed by atoms with van der Waals surface area (Å²) in [6.45, 7) is 4.38. The Morgan fingerprint density at radius 1 is 1.59 bits per heavy atom. The van der Waals surface area contributed by atoms with E-state index in [1.807, 2.05) is 11.8 Å². The summed E-state index contributed by atoms with van der Waals surface area (Å²) < 4.78 is 0.780. The monoisotopic (exact) mass is 364 g/mol. The van der Waals surface area contributed by atoms with Crippen molar-refractivity contribution in [3.63, 3.8) is 0 Å². The molecule has 1 aromatic rings. The van der Waals surface area contributed by atoms with E-state index in [-0.39, 0.29) is 5.56 Å². The topological polar surface area (TPSA) is 45.8 Å². The smallest absolute Gasteiger partial charge is 0.264 e. The first kappa shape index (κ1) is 13.4. The highest BCUT2D eigenvalue weighted by molar-refractivity contribution is 14.1. The molecule has 0 bridgehead atoms. The Bertz CT molecular complexity index is 456. The first-order valence-electron chi connectivity index (χ1n) is 6.02. The van der Waals surface area contributed by atoms with Gasteiger partial charge in [-0.3, -0.25) is 4.79 Å². The molecule has 17 heavy (non-hydrogen) atoms. The molecule has 5 heteroatoms. The van der Waals surface area contributed by atoms with Crippen LogP contribution in [0.15, 0.2) is 4.79 Å². The minimum atomic E-state index is 0.0299. The SMILES string of the molecule is CCC(C)SCc1nc(C2CC2)c(I)c(=O)[nH]1. The lowest BCUT2D eigenvalue weighted by atomic mass is 10.3. The maximum absolute atomic E-state index is 11.8. The van der Waals surface area contributed by atoms with E-state index < -0.39 is 0 Å². The van der Waals surface area contributed by atoms with Crippen LogP contribution >= 0.6 is 34.4 Å². The van der Waals surface area contributed by atoms with Gasteiger partial charge in [-0.05, 0) is 41.9 Å². The molecule has 0 spiro atoms. The fourth-order valence-electron chi connectivity index (χ4n) is 1.56. The lowest BCUT2D eigenvalue weighted by molar-refractivity contribution is 0.881. The second kappa shape index (κ2) is 5.73. The standard InChI is InChI=1S/C12H17IN2OS/c1-3-7(2)17-6-9-14-11(8-4-5-8)10(13)12(16)15-9/h7-8H,3-6H2,1-2H3,(H,14,15,16). The Morgan fingerprint density at radius 3 is 2.88 bits per heavy atom. The Balaban J connectivity index is 2.15. The van der Waals surface area contributed by atoms with Crippen LogP contribution in [0.5, 0.6) is 0 Å². The van der Waals surface area contributed by atoms with Crippen LogP contribution in [0.25, 0.3) is 0 Å². The summed E-state index contributed by atoms with van der Waals surface area (Å²) in [5.74, 6) is 2.18. The van der Waals surface area contributed by atoms with Crippen molar-refractivity contribution >= 4 is 34.4 Å². The molecule has 1 unspecified atom stereocenters. The van der Waals surface area contributed by atoms with E-state index in [1.165, 1.54) is 12.8 Å². The van der Waals surface area contributed by atoms with Crippen molar-refractivity contribution in [1.82, 2.24) is 9.97 Å². The van der Waals surface area contributed by atoms with Crippen molar-refractivity contribution in [2.75, 3.05) is 0 Å². The van der Waals surface area contributed by atoms with Gasteiger partial charge < -0.3 is 4.98 Å². The van der Waals surface area contributed by atoms with Gasteiger partial charge >= 0.3 is 0 Å². The molecule has 0 aliphatic heterocycles. The average Bonchev–Trinajstić information content (AvgIpc) is 3.14. The number of hydrogen-bond acceptors (Lipinski definition) is 3. The molecule has 1 aromatic heterocycles. The second-order valence-corrected chi connectivity index (χ2v) is 7.02. The molecule has 1 fully saturated rings. The lowest BCUT2D eigenvalue weighted by Gasteiger charge is -2.09. The van der Waals surface area contributed by atoms with E-state index in [4.69, 9.17) is 0 Å². The molecule has 1 atom stereocenters. The fourth-order valence-corrected chi connectivity index (χ4v) is 3.07. The maximum atomic E-state index is 11.8. The van der Waals surface area contributed by atoms with E-state index in [2.05, 4.69) is 46.4 Å². The van der Waals surface area contributed by atoms with Gasteiger partial charge in [-0.15, -0.1) is 0 Å². The third-order valence-electron chi connectivity index (χ3n) is 2.98. The summed E-state index contributed by atoms with van der Waals surface area (Å²) in [7, 11) is 0. The molecule has 0 radical (unpaired) electrons. The molecule has 1 heterocycles. The molecule has 1 aliphatic carbocycles. The quantitative estimate of drug-likeness (QED) is 0.816. The van der Waals surface area contributed by atoms with Crippen LogP contribution in [-0.4, -0.2) is 15.2 Å². The third kappa shape index (κ3) is 3.47. The summed E-state index contributed by atoms with van der Waals surface area (Å²) in [6.07, 6.45) is 3.52. The van der Waals surface area contributed by atoms with Crippen LogP contribution in [0.2, 0.25) is 0 Å². The number of hydrogen-bond donors (Lipinski definition) is 1. The highest BCUT2D eigenvalue weighted by Crippen LogP contribution is 2.40. The van der Waals surface area contributed by atoms with Crippen LogP contribution in [0.1, 0.15) is 50.5 Å². The van der Waals surface area contributed by atoms with Gasteiger partial charge in [-0.1, -0.05) is 13.8 Å². The summed E-state index contributed by atoms with van der Waals surface area (Å²) in [4.78, 5) is 19.3. The Kier molecular flexibility index (Phi) is 4.52. The normalized spacial score (nSPS) is 17.1. The number of nitrogens with zero attached hydrogens (tertiary/aromatic N) is 1. The predicted molar refractivity (Wildman–Crippen MR) is 80.6 cm³/mol. The fraction of sp³-hybridized carbons (Fsp3) is 0.667. The molecular weight excluding hydrogens is 347 g/mol. The zero-order valence-corrected chi connectivity index (χ0v) is 13.1. The number of rotatable bonds is 5. The zero-order chi connectivity index (χ0) is 12.4. The number of H-pyrrole nitrogens is 1. The van der Waals surface area contributed by atoms with Crippen molar-refractivity contribution in [2.45, 2.75) is 50.0 Å². The van der Waals surface area contributed by atoms with E-state index >= 15 is 0 Å². The van der Waals surface area contributed by atoms with Gasteiger partial charge in [0.15, 0.2) is 0 Å². The van der Waals surface area contributed by atoms with Crippen LogP contribution in [0.4, 0.5) is 0 Å². The van der Waals surface area contributed by atoms with Gasteiger partial charge in [0.2, 0.25) is 0 Å². The summed E-state index contributed by atoms with van der Waals surface area (Å²) >= 11 is 3.96. The van der Waals surface area contributed by atoms with E-state index in [1.54, 1.807) is 0 Å². The molecule has 3 nitrogen and oxygen atoms in total. The minimum Gasteiger partial charge on any atom is -0.309 e. The highest BCUT2D eigenvalue weighted by atomic mass is 127.